The first-order valence-electron chi connectivity index (χ1n) is 3.79. The summed E-state index contributed by atoms with van der Waals surface area (Å²) in [6.07, 6.45) is 0. The SMILES string of the molecule is CN(C)[SiH](N(C)C)[SiH](C)C. The van der Waals surface area contributed by atoms with Crippen LogP contribution in [0.15, 0.2) is 0 Å². The minimum absolute atomic E-state index is 0.410. The lowest BCUT2D eigenvalue weighted by Crippen LogP contribution is -2.54. The second-order valence-corrected chi connectivity index (χ2v) is 14.8. The van der Waals surface area contributed by atoms with Crippen LogP contribution in [0.4, 0.5) is 0 Å². The second kappa shape index (κ2) is 4.28. The van der Waals surface area contributed by atoms with Gasteiger partial charge in [-0.2, -0.15) is 0 Å². The van der Waals surface area contributed by atoms with Crippen LogP contribution in [0.3, 0.4) is 0 Å². The maximum atomic E-state index is 2.44. The Labute approximate surface area is 68.0 Å². The molecule has 0 amide bonds. The third-order valence-electron chi connectivity index (χ3n) is 1.65. The third-order valence-corrected chi connectivity index (χ3v) is 12.1. The van der Waals surface area contributed by atoms with Gasteiger partial charge in [0.2, 0.25) is 0 Å². The van der Waals surface area contributed by atoms with E-state index in [9.17, 15) is 0 Å². The molecule has 0 aromatic rings. The van der Waals surface area contributed by atoms with E-state index < -0.39 is 17.0 Å². The van der Waals surface area contributed by atoms with Crippen LogP contribution < -0.4 is 0 Å². The molecular weight excluding hydrogens is 156 g/mol. The lowest BCUT2D eigenvalue weighted by atomic mass is 11.3. The monoisotopic (exact) mass is 176 g/mol. The standard InChI is InChI=1S/C6H20N2Si2/c1-7(2)10(8(3)4)9(5)6/h9-10H,1-6H3. The maximum absolute atomic E-state index is 2.44. The van der Waals surface area contributed by atoms with E-state index in [-0.39, 0.29) is 0 Å². The molecule has 0 saturated carbocycles. The van der Waals surface area contributed by atoms with Gasteiger partial charge in [-0.3, -0.25) is 0 Å². The molecule has 0 aliphatic heterocycles. The highest BCUT2D eigenvalue weighted by atomic mass is 29.2. The first kappa shape index (κ1) is 10.4. The van der Waals surface area contributed by atoms with Crippen molar-refractivity contribution in [1.82, 2.24) is 9.13 Å². The molecule has 0 unspecified atom stereocenters. The van der Waals surface area contributed by atoms with Gasteiger partial charge in [-0.1, -0.05) is 13.1 Å². The molecule has 4 heteroatoms. The Hall–Kier alpha value is 0.354. The summed E-state index contributed by atoms with van der Waals surface area (Å²) in [5.74, 6) is 0. The zero-order valence-electron chi connectivity index (χ0n) is 8.05. The zero-order valence-corrected chi connectivity index (χ0v) is 10.4. The fraction of sp³-hybridized carbons (Fsp3) is 1.00. The van der Waals surface area contributed by atoms with Crippen molar-refractivity contribution in [3.8, 4) is 0 Å². The first-order valence-corrected chi connectivity index (χ1v) is 9.80. The van der Waals surface area contributed by atoms with Gasteiger partial charge in [0.25, 0.3) is 0 Å². The summed E-state index contributed by atoms with van der Waals surface area (Å²) in [6.45, 7) is 4.88. The van der Waals surface area contributed by atoms with Crippen LogP contribution in [-0.2, 0) is 0 Å². The molecule has 0 aliphatic carbocycles. The van der Waals surface area contributed by atoms with Crippen LogP contribution >= 0.6 is 0 Å². The van der Waals surface area contributed by atoms with Gasteiger partial charge in [0.1, 0.15) is 0 Å². The third kappa shape index (κ3) is 2.96. The Kier molecular flexibility index (Phi) is 4.43. The fourth-order valence-corrected chi connectivity index (χ4v) is 12.1. The molecule has 0 heterocycles. The summed E-state index contributed by atoms with van der Waals surface area (Å²) in [6, 6.07) is 0. The van der Waals surface area contributed by atoms with E-state index in [0.29, 0.717) is 0 Å². The number of hydrogen-bond acceptors (Lipinski definition) is 2. The highest BCUT2D eigenvalue weighted by Gasteiger charge is 2.20. The smallest absolute Gasteiger partial charge is 0.171 e. The predicted octanol–water partition coefficient (Wildman–Crippen LogP) is -0.105. The van der Waals surface area contributed by atoms with Crippen molar-refractivity contribution in [2.45, 2.75) is 13.1 Å². The molecule has 0 saturated heterocycles. The van der Waals surface area contributed by atoms with Gasteiger partial charge in [0.15, 0.2) is 8.64 Å². The van der Waals surface area contributed by atoms with E-state index in [1.165, 1.54) is 0 Å². The van der Waals surface area contributed by atoms with Crippen molar-refractivity contribution in [3.05, 3.63) is 0 Å². The van der Waals surface area contributed by atoms with Crippen molar-refractivity contribution < 1.29 is 0 Å². The molecular formula is C6H20N2Si2. The summed E-state index contributed by atoms with van der Waals surface area (Å²) in [5.41, 5.74) is 0. The van der Waals surface area contributed by atoms with Crippen molar-refractivity contribution in [2.24, 2.45) is 0 Å². The van der Waals surface area contributed by atoms with Gasteiger partial charge in [0, 0.05) is 0 Å². The van der Waals surface area contributed by atoms with E-state index in [2.05, 4.69) is 50.4 Å². The zero-order chi connectivity index (χ0) is 8.31. The topological polar surface area (TPSA) is 6.48 Å². The molecule has 0 spiro atoms. The maximum Gasteiger partial charge on any atom is 0.171 e. The van der Waals surface area contributed by atoms with E-state index in [1.807, 2.05) is 0 Å². The lowest BCUT2D eigenvalue weighted by Gasteiger charge is -2.31. The average Bonchev–Trinajstić information content (AvgIpc) is 1.59. The summed E-state index contributed by atoms with van der Waals surface area (Å²) in [5, 5.41) is 0. The van der Waals surface area contributed by atoms with E-state index in [0.717, 1.165) is 0 Å². The summed E-state index contributed by atoms with van der Waals surface area (Å²) in [4.78, 5) is 0. The largest absolute Gasteiger partial charge is 0.322 e. The Morgan fingerprint density at radius 1 is 0.800 bits per heavy atom. The van der Waals surface area contributed by atoms with Crippen LogP contribution in [0.1, 0.15) is 0 Å². The van der Waals surface area contributed by atoms with Crippen molar-refractivity contribution >= 4 is 17.0 Å². The summed E-state index contributed by atoms with van der Waals surface area (Å²) >= 11 is 0. The Morgan fingerprint density at radius 2 is 1.10 bits per heavy atom. The fourth-order valence-electron chi connectivity index (χ4n) is 1.65. The van der Waals surface area contributed by atoms with Gasteiger partial charge in [-0.05, 0) is 28.2 Å². The molecule has 0 aromatic heterocycles. The Balaban J connectivity index is 3.98. The molecule has 0 atom stereocenters. The van der Waals surface area contributed by atoms with Gasteiger partial charge in [0.05, 0.1) is 8.31 Å². The molecule has 0 radical (unpaired) electrons. The van der Waals surface area contributed by atoms with Gasteiger partial charge in [-0.25, -0.2) is 0 Å². The van der Waals surface area contributed by atoms with Crippen LogP contribution in [0.5, 0.6) is 0 Å². The minimum atomic E-state index is -0.648. The molecule has 10 heavy (non-hydrogen) atoms. The molecule has 0 aromatic carbocycles. The first-order chi connectivity index (χ1) is 4.46. The van der Waals surface area contributed by atoms with Crippen LogP contribution in [0.2, 0.25) is 13.1 Å². The van der Waals surface area contributed by atoms with Crippen molar-refractivity contribution in [1.29, 1.82) is 0 Å². The number of hydrogen-bond donors (Lipinski definition) is 0. The van der Waals surface area contributed by atoms with E-state index in [1.54, 1.807) is 0 Å². The predicted molar refractivity (Wildman–Crippen MR) is 53.4 cm³/mol. The average molecular weight is 176 g/mol. The van der Waals surface area contributed by atoms with Crippen LogP contribution in [-0.4, -0.2) is 54.3 Å². The second-order valence-electron chi connectivity index (χ2n) is 3.58. The normalized spacial score (nSPS) is 12.6. The molecule has 62 valence electrons. The minimum Gasteiger partial charge on any atom is -0.322 e. The summed E-state index contributed by atoms with van der Waals surface area (Å²) in [7, 11) is 7.79. The molecule has 2 nitrogen and oxygen atoms in total. The van der Waals surface area contributed by atoms with Gasteiger partial charge >= 0.3 is 0 Å². The van der Waals surface area contributed by atoms with Gasteiger partial charge in [-0.15, -0.1) is 0 Å². The van der Waals surface area contributed by atoms with E-state index in [4.69, 9.17) is 0 Å². The molecule has 0 bridgehead atoms. The molecule has 0 aliphatic rings. The summed E-state index contributed by atoms with van der Waals surface area (Å²) < 4.78 is 4.88. The Morgan fingerprint density at radius 3 is 1.10 bits per heavy atom. The molecule has 0 N–H and O–H groups in total. The van der Waals surface area contributed by atoms with Gasteiger partial charge < -0.3 is 9.13 Å². The quantitative estimate of drug-likeness (QED) is 0.554. The van der Waals surface area contributed by atoms with Crippen LogP contribution in [0.25, 0.3) is 0 Å². The number of nitrogens with zero attached hydrogens (tertiary/aromatic N) is 2. The number of rotatable bonds is 3. The van der Waals surface area contributed by atoms with Crippen molar-refractivity contribution in [3.63, 3.8) is 0 Å². The Bertz CT molecular complexity index is 74.7. The lowest BCUT2D eigenvalue weighted by molar-refractivity contribution is 0.537. The van der Waals surface area contributed by atoms with Crippen LogP contribution in [0, 0.1) is 0 Å². The van der Waals surface area contributed by atoms with Crippen molar-refractivity contribution in [2.75, 3.05) is 28.2 Å². The highest BCUT2D eigenvalue weighted by Crippen LogP contribution is 1.96. The molecule has 0 fully saturated rings. The molecule has 0 rings (SSSR count). The highest BCUT2D eigenvalue weighted by molar-refractivity contribution is 7.18. The van der Waals surface area contributed by atoms with E-state index >= 15 is 0 Å².